The molecule has 0 aliphatic carbocycles. The van der Waals surface area contributed by atoms with Crippen LogP contribution in [0.2, 0.25) is 0 Å². The molecule has 1 aromatic heterocycles. The lowest BCUT2D eigenvalue weighted by Gasteiger charge is -2.07. The van der Waals surface area contributed by atoms with Crippen LogP contribution < -0.4 is 21.4 Å². The smallest absolute Gasteiger partial charge is 0.342 e. The molecule has 1 amide bonds. The summed E-state index contributed by atoms with van der Waals surface area (Å²) in [7, 11) is 0. The standard InChI is InChI=1S/C21H21N5O4/c27-19(10-9-18-20(28)23-21(29)26-24-18)25-22-14-16-7-4-8-17(13-16)30-12-11-15-5-2-1-3-6-15/h1-8,13-14H,9-12H2,(H,25,27)(H2,23,26,28,29)/b22-14+. The number of carbonyl (C=O) groups is 1. The number of aromatic amines is 2. The highest BCUT2D eigenvalue weighted by atomic mass is 16.5. The van der Waals surface area contributed by atoms with E-state index in [0.29, 0.717) is 12.4 Å². The molecule has 3 rings (SSSR count). The first kappa shape index (κ1) is 20.7. The second-order valence-corrected chi connectivity index (χ2v) is 6.40. The van der Waals surface area contributed by atoms with Gasteiger partial charge in [-0.3, -0.25) is 14.6 Å². The predicted molar refractivity (Wildman–Crippen MR) is 112 cm³/mol. The van der Waals surface area contributed by atoms with Crippen LogP contribution in [0.25, 0.3) is 0 Å². The first-order valence-corrected chi connectivity index (χ1v) is 9.37. The Morgan fingerprint density at radius 2 is 1.93 bits per heavy atom. The molecule has 9 nitrogen and oxygen atoms in total. The van der Waals surface area contributed by atoms with E-state index in [1.807, 2.05) is 42.5 Å². The van der Waals surface area contributed by atoms with E-state index in [0.717, 1.165) is 12.0 Å². The number of nitrogens with zero attached hydrogens (tertiary/aromatic N) is 2. The van der Waals surface area contributed by atoms with Crippen molar-refractivity contribution < 1.29 is 9.53 Å². The van der Waals surface area contributed by atoms with Gasteiger partial charge in [0.2, 0.25) is 5.91 Å². The lowest BCUT2D eigenvalue weighted by atomic mass is 10.2. The third-order valence-corrected chi connectivity index (χ3v) is 4.13. The van der Waals surface area contributed by atoms with Gasteiger partial charge < -0.3 is 4.74 Å². The Labute approximate surface area is 171 Å². The van der Waals surface area contributed by atoms with Gasteiger partial charge in [0.05, 0.1) is 12.8 Å². The fourth-order valence-electron chi connectivity index (χ4n) is 2.62. The maximum absolute atomic E-state index is 11.9. The molecule has 2 aromatic carbocycles. The molecule has 0 bridgehead atoms. The summed E-state index contributed by atoms with van der Waals surface area (Å²) in [4.78, 5) is 36.4. The molecule has 3 N–H and O–H groups in total. The number of hydrazone groups is 1. The molecule has 9 heteroatoms. The second-order valence-electron chi connectivity index (χ2n) is 6.40. The van der Waals surface area contributed by atoms with Crippen molar-refractivity contribution in [2.75, 3.05) is 6.61 Å². The number of nitrogens with one attached hydrogen (secondary N) is 3. The van der Waals surface area contributed by atoms with Crippen LogP contribution >= 0.6 is 0 Å². The molecule has 0 aliphatic heterocycles. The van der Waals surface area contributed by atoms with Crippen molar-refractivity contribution >= 4 is 12.1 Å². The summed E-state index contributed by atoms with van der Waals surface area (Å²) in [5, 5.41) is 9.66. The minimum absolute atomic E-state index is 0.00208. The number of aryl methyl sites for hydroxylation is 1. The van der Waals surface area contributed by atoms with Crippen LogP contribution in [0.3, 0.4) is 0 Å². The van der Waals surface area contributed by atoms with Crippen molar-refractivity contribution in [3.8, 4) is 5.75 Å². The van der Waals surface area contributed by atoms with Crippen molar-refractivity contribution in [3.05, 3.63) is 92.3 Å². The van der Waals surface area contributed by atoms with E-state index in [2.05, 4.69) is 37.8 Å². The zero-order valence-electron chi connectivity index (χ0n) is 16.1. The van der Waals surface area contributed by atoms with Crippen molar-refractivity contribution in [2.45, 2.75) is 19.3 Å². The Bertz CT molecular complexity index is 1120. The van der Waals surface area contributed by atoms with Gasteiger partial charge in [0, 0.05) is 19.3 Å². The van der Waals surface area contributed by atoms with Crippen LogP contribution in [-0.2, 0) is 17.6 Å². The van der Waals surface area contributed by atoms with E-state index in [4.69, 9.17) is 4.74 Å². The van der Waals surface area contributed by atoms with Crippen LogP contribution in [0.15, 0.2) is 69.3 Å². The first-order valence-electron chi connectivity index (χ1n) is 9.37. The van der Waals surface area contributed by atoms with Gasteiger partial charge in [-0.2, -0.15) is 10.2 Å². The molecule has 0 saturated heterocycles. The molecule has 0 unspecified atom stereocenters. The van der Waals surface area contributed by atoms with Gasteiger partial charge in [0.1, 0.15) is 11.4 Å². The molecule has 0 aliphatic rings. The molecule has 0 radical (unpaired) electrons. The maximum atomic E-state index is 11.9. The topological polar surface area (TPSA) is 129 Å². The van der Waals surface area contributed by atoms with Gasteiger partial charge in [-0.1, -0.05) is 42.5 Å². The Balaban J connectivity index is 1.45. The molecule has 0 spiro atoms. The lowest BCUT2D eigenvalue weighted by Crippen LogP contribution is -2.28. The number of aromatic nitrogens is 3. The molecular formula is C21H21N5O4. The fraction of sp³-hybridized carbons (Fsp3) is 0.190. The summed E-state index contributed by atoms with van der Waals surface area (Å²) in [6.45, 7) is 0.555. The highest BCUT2D eigenvalue weighted by Crippen LogP contribution is 2.12. The zero-order valence-corrected chi connectivity index (χ0v) is 16.1. The molecule has 0 atom stereocenters. The van der Waals surface area contributed by atoms with E-state index in [9.17, 15) is 14.4 Å². The monoisotopic (exact) mass is 407 g/mol. The maximum Gasteiger partial charge on any atom is 0.342 e. The summed E-state index contributed by atoms with van der Waals surface area (Å²) in [6.07, 6.45) is 2.40. The average molecular weight is 407 g/mol. The Kier molecular flexibility index (Phi) is 7.26. The largest absolute Gasteiger partial charge is 0.493 e. The van der Waals surface area contributed by atoms with Gasteiger partial charge in [0.15, 0.2) is 0 Å². The summed E-state index contributed by atoms with van der Waals surface area (Å²) in [5.41, 5.74) is 3.14. The quantitative estimate of drug-likeness (QED) is 0.362. The predicted octanol–water partition coefficient (Wildman–Crippen LogP) is 1.16. The van der Waals surface area contributed by atoms with Gasteiger partial charge in [-0.25, -0.2) is 15.3 Å². The fourth-order valence-corrected chi connectivity index (χ4v) is 2.62. The highest BCUT2D eigenvalue weighted by molar-refractivity contribution is 5.82. The molecule has 3 aromatic rings. The third kappa shape index (κ3) is 6.55. The minimum Gasteiger partial charge on any atom is -0.493 e. The SMILES string of the molecule is O=C(CCc1n[nH]c(=O)[nH]c1=O)N/N=C/c1cccc(OCCc2ccccc2)c1. The number of carbonyl (C=O) groups excluding carboxylic acids is 1. The second kappa shape index (κ2) is 10.5. The van der Waals surface area contributed by atoms with E-state index in [-0.39, 0.29) is 24.4 Å². The van der Waals surface area contributed by atoms with E-state index >= 15 is 0 Å². The number of H-pyrrole nitrogens is 2. The van der Waals surface area contributed by atoms with E-state index in [1.54, 1.807) is 0 Å². The van der Waals surface area contributed by atoms with Gasteiger partial charge in [0.25, 0.3) is 5.56 Å². The van der Waals surface area contributed by atoms with Crippen LogP contribution in [0, 0.1) is 0 Å². The molecule has 0 fully saturated rings. The Morgan fingerprint density at radius 3 is 2.73 bits per heavy atom. The van der Waals surface area contributed by atoms with Crippen LogP contribution in [0.1, 0.15) is 23.2 Å². The van der Waals surface area contributed by atoms with E-state index < -0.39 is 11.2 Å². The van der Waals surface area contributed by atoms with Crippen LogP contribution in [0.4, 0.5) is 0 Å². The van der Waals surface area contributed by atoms with Gasteiger partial charge >= 0.3 is 5.69 Å². The first-order chi connectivity index (χ1) is 14.6. The third-order valence-electron chi connectivity index (χ3n) is 4.13. The number of ether oxygens (including phenoxy) is 1. The van der Waals surface area contributed by atoms with Crippen molar-refractivity contribution in [1.82, 2.24) is 20.6 Å². The van der Waals surface area contributed by atoms with Crippen molar-refractivity contribution in [3.63, 3.8) is 0 Å². The number of hydrogen-bond donors (Lipinski definition) is 3. The summed E-state index contributed by atoms with van der Waals surface area (Å²) in [6, 6.07) is 17.4. The van der Waals surface area contributed by atoms with Crippen LogP contribution in [0.5, 0.6) is 5.75 Å². The summed E-state index contributed by atoms with van der Waals surface area (Å²) in [5.74, 6) is 0.332. The summed E-state index contributed by atoms with van der Waals surface area (Å²) < 4.78 is 5.77. The lowest BCUT2D eigenvalue weighted by molar-refractivity contribution is -0.121. The number of hydrogen-bond acceptors (Lipinski definition) is 6. The summed E-state index contributed by atoms with van der Waals surface area (Å²) >= 11 is 0. The molecular weight excluding hydrogens is 386 g/mol. The Morgan fingerprint density at radius 1 is 1.10 bits per heavy atom. The number of benzene rings is 2. The Hall–Kier alpha value is -4.01. The zero-order chi connectivity index (χ0) is 21.2. The van der Waals surface area contributed by atoms with Gasteiger partial charge in [-0.05, 0) is 23.3 Å². The average Bonchev–Trinajstić information content (AvgIpc) is 2.74. The minimum atomic E-state index is -0.691. The molecule has 154 valence electrons. The van der Waals surface area contributed by atoms with Crippen molar-refractivity contribution in [2.24, 2.45) is 5.10 Å². The number of rotatable bonds is 9. The van der Waals surface area contributed by atoms with Crippen molar-refractivity contribution in [1.29, 1.82) is 0 Å². The highest BCUT2D eigenvalue weighted by Gasteiger charge is 2.06. The van der Waals surface area contributed by atoms with Crippen LogP contribution in [-0.4, -0.2) is 33.9 Å². The molecule has 1 heterocycles. The molecule has 30 heavy (non-hydrogen) atoms. The molecule has 0 saturated carbocycles. The van der Waals surface area contributed by atoms with Gasteiger partial charge in [-0.15, -0.1) is 0 Å². The number of amides is 1. The van der Waals surface area contributed by atoms with E-state index in [1.165, 1.54) is 11.8 Å². The normalized spacial score (nSPS) is 10.8.